The van der Waals surface area contributed by atoms with Crippen molar-refractivity contribution >= 4 is 0 Å². The summed E-state index contributed by atoms with van der Waals surface area (Å²) in [4.78, 5) is 0. The van der Waals surface area contributed by atoms with Gasteiger partial charge in [0.15, 0.2) is 0 Å². The lowest BCUT2D eigenvalue weighted by Crippen LogP contribution is -2.12. The van der Waals surface area contributed by atoms with E-state index < -0.39 is 0 Å². The summed E-state index contributed by atoms with van der Waals surface area (Å²) < 4.78 is 13.0. The van der Waals surface area contributed by atoms with E-state index in [4.69, 9.17) is 5.26 Å². The van der Waals surface area contributed by atoms with Gasteiger partial charge in [0.25, 0.3) is 0 Å². The SMILES string of the molecule is N#Cc1ccc(CNCc2cc(F)ccc2O)cc1. The van der Waals surface area contributed by atoms with Crippen LogP contribution >= 0.6 is 0 Å². The first-order valence-electron chi connectivity index (χ1n) is 5.86. The largest absolute Gasteiger partial charge is 0.508 e. The molecule has 2 aromatic carbocycles. The zero-order valence-corrected chi connectivity index (χ0v) is 10.2. The minimum absolute atomic E-state index is 0.0775. The van der Waals surface area contributed by atoms with Crippen molar-refractivity contribution in [2.45, 2.75) is 13.1 Å². The van der Waals surface area contributed by atoms with Gasteiger partial charge in [0.1, 0.15) is 11.6 Å². The first-order chi connectivity index (χ1) is 9.19. The van der Waals surface area contributed by atoms with Crippen molar-refractivity contribution in [3.05, 3.63) is 65.0 Å². The fraction of sp³-hybridized carbons (Fsp3) is 0.133. The van der Waals surface area contributed by atoms with E-state index in [0.29, 0.717) is 24.2 Å². The van der Waals surface area contributed by atoms with Crippen LogP contribution in [0, 0.1) is 17.1 Å². The second kappa shape index (κ2) is 5.98. The number of rotatable bonds is 4. The van der Waals surface area contributed by atoms with Crippen LogP contribution < -0.4 is 5.32 Å². The normalized spacial score (nSPS) is 10.1. The molecule has 0 fully saturated rings. The van der Waals surface area contributed by atoms with Crippen LogP contribution in [0.5, 0.6) is 5.75 Å². The highest BCUT2D eigenvalue weighted by Crippen LogP contribution is 2.17. The summed E-state index contributed by atoms with van der Waals surface area (Å²) >= 11 is 0. The van der Waals surface area contributed by atoms with E-state index in [9.17, 15) is 9.50 Å². The fourth-order valence-corrected chi connectivity index (χ4v) is 1.73. The third kappa shape index (κ3) is 3.54. The van der Waals surface area contributed by atoms with Crippen molar-refractivity contribution < 1.29 is 9.50 Å². The third-order valence-corrected chi connectivity index (χ3v) is 2.77. The van der Waals surface area contributed by atoms with Gasteiger partial charge in [-0.3, -0.25) is 0 Å². The number of hydrogen-bond donors (Lipinski definition) is 2. The van der Waals surface area contributed by atoms with Crippen molar-refractivity contribution in [1.82, 2.24) is 5.32 Å². The summed E-state index contributed by atoms with van der Waals surface area (Å²) in [5, 5.41) is 21.4. The second-order valence-electron chi connectivity index (χ2n) is 4.19. The third-order valence-electron chi connectivity index (χ3n) is 2.77. The Morgan fingerprint density at radius 3 is 2.53 bits per heavy atom. The van der Waals surface area contributed by atoms with Gasteiger partial charge in [-0.2, -0.15) is 5.26 Å². The molecule has 3 nitrogen and oxygen atoms in total. The Balaban J connectivity index is 1.92. The molecule has 0 unspecified atom stereocenters. The molecule has 96 valence electrons. The Labute approximate surface area is 110 Å². The molecule has 0 aliphatic rings. The maximum absolute atomic E-state index is 13.0. The fourth-order valence-electron chi connectivity index (χ4n) is 1.73. The first-order valence-corrected chi connectivity index (χ1v) is 5.86. The summed E-state index contributed by atoms with van der Waals surface area (Å²) in [6, 6.07) is 13.1. The Hall–Kier alpha value is -2.38. The van der Waals surface area contributed by atoms with Gasteiger partial charge in [-0.15, -0.1) is 0 Å². The smallest absolute Gasteiger partial charge is 0.123 e. The van der Waals surface area contributed by atoms with Crippen molar-refractivity contribution in [3.63, 3.8) is 0 Å². The number of phenolic OH excluding ortho intramolecular Hbond substituents is 1. The monoisotopic (exact) mass is 256 g/mol. The number of hydrogen-bond acceptors (Lipinski definition) is 3. The molecule has 0 bridgehead atoms. The van der Waals surface area contributed by atoms with Gasteiger partial charge >= 0.3 is 0 Å². The van der Waals surface area contributed by atoms with Crippen molar-refractivity contribution in [3.8, 4) is 11.8 Å². The van der Waals surface area contributed by atoms with E-state index in [1.54, 1.807) is 12.1 Å². The highest BCUT2D eigenvalue weighted by molar-refractivity contribution is 5.33. The van der Waals surface area contributed by atoms with Crippen molar-refractivity contribution in [1.29, 1.82) is 5.26 Å². The Morgan fingerprint density at radius 2 is 1.84 bits per heavy atom. The predicted molar refractivity (Wildman–Crippen MR) is 69.8 cm³/mol. The number of phenols is 1. The average Bonchev–Trinajstić information content (AvgIpc) is 2.43. The molecule has 0 amide bonds. The molecule has 0 aromatic heterocycles. The van der Waals surface area contributed by atoms with Crippen molar-refractivity contribution in [2.24, 2.45) is 0 Å². The molecule has 0 spiro atoms. The number of aromatic hydroxyl groups is 1. The summed E-state index contributed by atoms with van der Waals surface area (Å²) in [5.74, 6) is -0.290. The molecule has 2 rings (SSSR count). The number of nitrogens with zero attached hydrogens (tertiary/aromatic N) is 1. The van der Waals surface area contributed by atoms with E-state index in [1.807, 2.05) is 12.1 Å². The van der Waals surface area contributed by atoms with Crippen LogP contribution in [0.4, 0.5) is 4.39 Å². The Morgan fingerprint density at radius 1 is 1.11 bits per heavy atom. The van der Waals surface area contributed by atoms with E-state index in [1.165, 1.54) is 18.2 Å². The number of halogens is 1. The molecule has 2 N–H and O–H groups in total. The molecule has 0 radical (unpaired) electrons. The lowest BCUT2D eigenvalue weighted by Gasteiger charge is -2.07. The summed E-state index contributed by atoms with van der Waals surface area (Å²) in [6.07, 6.45) is 0. The predicted octanol–water partition coefficient (Wildman–Crippen LogP) is 2.69. The summed E-state index contributed by atoms with van der Waals surface area (Å²) in [5.41, 5.74) is 2.16. The maximum Gasteiger partial charge on any atom is 0.123 e. The lowest BCUT2D eigenvalue weighted by molar-refractivity contribution is 0.461. The van der Waals surface area contributed by atoms with Crippen LogP contribution in [0.15, 0.2) is 42.5 Å². The van der Waals surface area contributed by atoms with Gasteiger partial charge in [0.05, 0.1) is 11.6 Å². The highest BCUT2D eigenvalue weighted by Gasteiger charge is 2.02. The molecule has 19 heavy (non-hydrogen) atoms. The van der Waals surface area contributed by atoms with Crippen LogP contribution in [-0.4, -0.2) is 5.11 Å². The summed E-state index contributed by atoms with van der Waals surface area (Å²) in [7, 11) is 0. The van der Waals surface area contributed by atoms with Crippen LogP contribution in [0.3, 0.4) is 0 Å². The molecular formula is C15H13FN2O. The zero-order chi connectivity index (χ0) is 13.7. The zero-order valence-electron chi connectivity index (χ0n) is 10.2. The molecule has 0 heterocycles. The van der Waals surface area contributed by atoms with E-state index in [0.717, 1.165) is 5.56 Å². The molecule has 2 aromatic rings. The van der Waals surface area contributed by atoms with Gasteiger partial charge in [-0.1, -0.05) is 12.1 Å². The van der Waals surface area contributed by atoms with E-state index in [-0.39, 0.29) is 11.6 Å². The summed E-state index contributed by atoms with van der Waals surface area (Å²) in [6.45, 7) is 0.964. The molecule has 0 saturated heterocycles. The van der Waals surface area contributed by atoms with Crippen LogP contribution in [-0.2, 0) is 13.1 Å². The minimum atomic E-state index is -0.368. The quantitative estimate of drug-likeness (QED) is 0.884. The average molecular weight is 256 g/mol. The Bertz CT molecular complexity index is 603. The molecular weight excluding hydrogens is 243 g/mol. The van der Waals surface area contributed by atoms with Gasteiger partial charge in [-0.05, 0) is 35.9 Å². The van der Waals surface area contributed by atoms with Gasteiger partial charge in [-0.25, -0.2) is 4.39 Å². The molecule has 4 heteroatoms. The van der Waals surface area contributed by atoms with Gasteiger partial charge < -0.3 is 10.4 Å². The van der Waals surface area contributed by atoms with Crippen LogP contribution in [0.25, 0.3) is 0 Å². The first kappa shape index (κ1) is 13.1. The molecule has 0 aliphatic heterocycles. The molecule has 0 aliphatic carbocycles. The number of nitriles is 1. The molecule has 0 saturated carbocycles. The topological polar surface area (TPSA) is 56.0 Å². The lowest BCUT2D eigenvalue weighted by atomic mass is 10.1. The Kier molecular flexibility index (Phi) is 4.11. The maximum atomic E-state index is 13.0. The second-order valence-corrected chi connectivity index (χ2v) is 4.19. The van der Waals surface area contributed by atoms with Crippen LogP contribution in [0.2, 0.25) is 0 Å². The van der Waals surface area contributed by atoms with Gasteiger partial charge in [0, 0.05) is 18.7 Å². The minimum Gasteiger partial charge on any atom is -0.508 e. The van der Waals surface area contributed by atoms with Gasteiger partial charge in [0.2, 0.25) is 0 Å². The van der Waals surface area contributed by atoms with Crippen LogP contribution in [0.1, 0.15) is 16.7 Å². The van der Waals surface area contributed by atoms with E-state index >= 15 is 0 Å². The number of nitrogens with one attached hydrogen (secondary N) is 1. The van der Waals surface area contributed by atoms with Crippen molar-refractivity contribution in [2.75, 3.05) is 0 Å². The van der Waals surface area contributed by atoms with E-state index in [2.05, 4.69) is 11.4 Å². The highest BCUT2D eigenvalue weighted by atomic mass is 19.1. The molecule has 0 atom stereocenters. The standard InChI is InChI=1S/C15H13FN2O/c16-14-5-6-15(19)13(7-14)10-18-9-12-3-1-11(8-17)2-4-12/h1-7,18-19H,9-10H2. The number of benzene rings is 2.